The molecule has 0 atom stereocenters. The summed E-state index contributed by atoms with van der Waals surface area (Å²) in [4.78, 5) is 12.0. The van der Waals surface area contributed by atoms with E-state index < -0.39 is 15.8 Å². The first kappa shape index (κ1) is 21.6. The van der Waals surface area contributed by atoms with E-state index in [0.717, 1.165) is 18.2 Å². The molecule has 1 amide bonds. The smallest absolute Gasteiger partial charge is 0.261 e. The lowest BCUT2D eigenvalue weighted by Crippen LogP contribution is -2.28. The van der Waals surface area contributed by atoms with Gasteiger partial charge in [-0.05, 0) is 54.6 Å². The van der Waals surface area contributed by atoms with E-state index >= 15 is 0 Å². The van der Waals surface area contributed by atoms with Crippen LogP contribution in [-0.4, -0.2) is 27.5 Å². The zero-order valence-electron chi connectivity index (χ0n) is 15.6. The van der Waals surface area contributed by atoms with E-state index in [1.807, 2.05) is 30.3 Å². The van der Waals surface area contributed by atoms with Gasteiger partial charge in [0.25, 0.3) is 15.9 Å². The number of hydrogen-bond acceptors (Lipinski definition) is 4. The van der Waals surface area contributed by atoms with E-state index in [1.165, 1.54) is 24.3 Å². The number of halogens is 2. The first-order chi connectivity index (χ1) is 14.3. The number of hydrogen-bond donors (Lipinski definition) is 2. The Hall–Kier alpha value is -3.10. The Balaban J connectivity index is 1.54. The molecule has 0 unspecified atom stereocenters. The van der Waals surface area contributed by atoms with Crippen LogP contribution in [0.15, 0.2) is 77.7 Å². The summed E-state index contributed by atoms with van der Waals surface area (Å²) in [5.41, 5.74) is 0.613. The molecule has 0 fully saturated rings. The maximum Gasteiger partial charge on any atom is 0.261 e. The molecule has 30 heavy (non-hydrogen) atoms. The summed E-state index contributed by atoms with van der Waals surface area (Å²) >= 11 is 5.64. The van der Waals surface area contributed by atoms with E-state index in [4.69, 9.17) is 16.3 Å². The Morgan fingerprint density at radius 3 is 2.37 bits per heavy atom. The highest BCUT2D eigenvalue weighted by atomic mass is 35.5. The van der Waals surface area contributed by atoms with Crippen molar-refractivity contribution in [1.82, 2.24) is 5.32 Å². The molecule has 0 saturated carbocycles. The molecule has 0 aliphatic heterocycles. The molecular weight excluding hydrogens is 431 g/mol. The molecule has 3 aromatic rings. The summed E-state index contributed by atoms with van der Waals surface area (Å²) in [6.45, 7) is 0.626. The molecule has 3 rings (SSSR count). The maximum absolute atomic E-state index is 13.2. The van der Waals surface area contributed by atoms with Crippen molar-refractivity contribution in [2.24, 2.45) is 0 Å². The molecule has 156 valence electrons. The number of anilines is 1. The Bertz CT molecular complexity index is 1120. The maximum atomic E-state index is 13.2. The molecule has 0 aromatic heterocycles. The molecule has 0 saturated heterocycles. The summed E-state index contributed by atoms with van der Waals surface area (Å²) in [5.74, 6) is -0.308. The minimum atomic E-state index is -3.95. The third-order valence-electron chi connectivity index (χ3n) is 4.00. The Morgan fingerprint density at radius 2 is 1.70 bits per heavy atom. The van der Waals surface area contributed by atoms with Crippen molar-refractivity contribution in [1.29, 1.82) is 0 Å². The summed E-state index contributed by atoms with van der Waals surface area (Å²) < 4.78 is 45.9. The fourth-order valence-electron chi connectivity index (χ4n) is 2.50. The highest BCUT2D eigenvalue weighted by Crippen LogP contribution is 2.22. The van der Waals surface area contributed by atoms with Crippen molar-refractivity contribution < 1.29 is 22.3 Å². The van der Waals surface area contributed by atoms with Gasteiger partial charge in [0.2, 0.25) is 0 Å². The van der Waals surface area contributed by atoms with Gasteiger partial charge in [0.15, 0.2) is 0 Å². The second kappa shape index (κ2) is 9.60. The van der Waals surface area contributed by atoms with Crippen molar-refractivity contribution in [2.75, 3.05) is 17.9 Å². The molecular formula is C21H18ClFN2O4S. The zero-order valence-corrected chi connectivity index (χ0v) is 17.2. The van der Waals surface area contributed by atoms with Gasteiger partial charge >= 0.3 is 0 Å². The summed E-state index contributed by atoms with van der Waals surface area (Å²) in [6, 6.07) is 18.2. The van der Waals surface area contributed by atoms with Crippen LogP contribution in [0.5, 0.6) is 5.75 Å². The van der Waals surface area contributed by atoms with Crippen LogP contribution in [-0.2, 0) is 10.0 Å². The average Bonchev–Trinajstić information content (AvgIpc) is 2.74. The third-order valence-corrected chi connectivity index (χ3v) is 5.67. The van der Waals surface area contributed by atoms with Gasteiger partial charge in [-0.2, -0.15) is 0 Å². The molecule has 3 aromatic carbocycles. The average molecular weight is 449 g/mol. The SMILES string of the molecule is O=C(NCCOc1ccccc1)c1ccc(NS(=O)(=O)c2ccc(F)c(Cl)c2)cc1. The lowest BCUT2D eigenvalue weighted by atomic mass is 10.2. The van der Waals surface area contributed by atoms with Gasteiger partial charge in [0, 0.05) is 11.3 Å². The van der Waals surface area contributed by atoms with Crippen LogP contribution in [0, 0.1) is 5.82 Å². The number of carbonyl (C=O) groups excluding carboxylic acids is 1. The third kappa shape index (κ3) is 5.71. The van der Waals surface area contributed by atoms with E-state index in [2.05, 4.69) is 10.0 Å². The normalized spacial score (nSPS) is 11.0. The second-order valence-electron chi connectivity index (χ2n) is 6.18. The van der Waals surface area contributed by atoms with Crippen molar-refractivity contribution in [3.8, 4) is 5.75 Å². The predicted octanol–water partition coefficient (Wildman–Crippen LogP) is 4.09. The number of para-hydroxylation sites is 1. The molecule has 6 nitrogen and oxygen atoms in total. The number of benzene rings is 3. The molecule has 2 N–H and O–H groups in total. The fourth-order valence-corrected chi connectivity index (χ4v) is 3.83. The van der Waals surface area contributed by atoms with Crippen LogP contribution in [0.2, 0.25) is 5.02 Å². The van der Waals surface area contributed by atoms with E-state index in [1.54, 1.807) is 0 Å². The van der Waals surface area contributed by atoms with Crippen LogP contribution in [0.4, 0.5) is 10.1 Å². The number of amides is 1. The minimum absolute atomic E-state index is 0.172. The first-order valence-corrected chi connectivity index (χ1v) is 10.8. The molecule has 9 heteroatoms. The van der Waals surface area contributed by atoms with Crippen LogP contribution in [0.25, 0.3) is 0 Å². The van der Waals surface area contributed by atoms with Gasteiger partial charge in [-0.25, -0.2) is 12.8 Å². The standard InChI is InChI=1S/C21H18ClFN2O4S/c22-19-14-18(10-11-20(19)23)30(27,28)25-16-8-6-15(7-9-16)21(26)24-12-13-29-17-4-2-1-3-5-17/h1-11,14,25H,12-13H2,(H,24,26). The second-order valence-corrected chi connectivity index (χ2v) is 8.27. The number of rotatable bonds is 8. The van der Waals surface area contributed by atoms with Crippen LogP contribution in [0.3, 0.4) is 0 Å². The van der Waals surface area contributed by atoms with Gasteiger partial charge in [0.1, 0.15) is 18.2 Å². The van der Waals surface area contributed by atoms with Crippen LogP contribution < -0.4 is 14.8 Å². The van der Waals surface area contributed by atoms with E-state index in [9.17, 15) is 17.6 Å². The van der Waals surface area contributed by atoms with Crippen molar-refractivity contribution in [3.63, 3.8) is 0 Å². The number of ether oxygens (including phenoxy) is 1. The zero-order chi connectivity index (χ0) is 21.6. The predicted molar refractivity (Wildman–Crippen MR) is 113 cm³/mol. The Kier molecular flexibility index (Phi) is 6.91. The topological polar surface area (TPSA) is 84.5 Å². The monoisotopic (exact) mass is 448 g/mol. The van der Waals surface area contributed by atoms with Gasteiger partial charge in [-0.3, -0.25) is 9.52 Å². The van der Waals surface area contributed by atoms with Crippen molar-refractivity contribution >= 4 is 33.2 Å². The van der Waals surface area contributed by atoms with Gasteiger partial charge in [-0.1, -0.05) is 29.8 Å². The van der Waals surface area contributed by atoms with Crippen LogP contribution in [0.1, 0.15) is 10.4 Å². The van der Waals surface area contributed by atoms with Gasteiger partial charge < -0.3 is 10.1 Å². The van der Waals surface area contributed by atoms with Gasteiger partial charge in [0.05, 0.1) is 16.5 Å². The van der Waals surface area contributed by atoms with E-state index in [0.29, 0.717) is 24.5 Å². The highest BCUT2D eigenvalue weighted by Gasteiger charge is 2.16. The Labute approximate surface area is 178 Å². The van der Waals surface area contributed by atoms with Crippen LogP contribution >= 0.6 is 11.6 Å². The minimum Gasteiger partial charge on any atom is -0.492 e. The number of nitrogens with one attached hydrogen (secondary N) is 2. The lowest BCUT2D eigenvalue weighted by Gasteiger charge is -2.10. The molecule has 0 spiro atoms. The quantitative estimate of drug-likeness (QED) is 0.508. The molecule has 0 aliphatic rings. The van der Waals surface area contributed by atoms with E-state index in [-0.39, 0.29) is 21.5 Å². The summed E-state index contributed by atoms with van der Waals surface area (Å²) in [5, 5.41) is 2.43. The molecule has 0 aliphatic carbocycles. The summed E-state index contributed by atoms with van der Waals surface area (Å²) in [6.07, 6.45) is 0. The summed E-state index contributed by atoms with van der Waals surface area (Å²) in [7, 11) is -3.95. The largest absolute Gasteiger partial charge is 0.492 e. The lowest BCUT2D eigenvalue weighted by molar-refractivity contribution is 0.0947. The van der Waals surface area contributed by atoms with Gasteiger partial charge in [-0.15, -0.1) is 0 Å². The molecule has 0 bridgehead atoms. The fraction of sp³-hybridized carbons (Fsp3) is 0.0952. The first-order valence-electron chi connectivity index (χ1n) is 8.89. The Morgan fingerprint density at radius 1 is 1.00 bits per heavy atom. The van der Waals surface area contributed by atoms with Crippen molar-refractivity contribution in [3.05, 3.63) is 89.2 Å². The van der Waals surface area contributed by atoms with Crippen molar-refractivity contribution in [2.45, 2.75) is 4.90 Å². The number of sulfonamides is 1. The number of carbonyl (C=O) groups is 1. The molecule has 0 radical (unpaired) electrons. The highest BCUT2D eigenvalue weighted by molar-refractivity contribution is 7.92. The molecule has 0 heterocycles.